The molecule has 0 unspecified atom stereocenters. The minimum absolute atomic E-state index is 0.180. The summed E-state index contributed by atoms with van der Waals surface area (Å²) >= 11 is 0. The Bertz CT molecular complexity index is 761. The van der Waals surface area contributed by atoms with Crippen molar-refractivity contribution >= 4 is 12.2 Å². The van der Waals surface area contributed by atoms with E-state index in [0.29, 0.717) is 18.0 Å². The van der Waals surface area contributed by atoms with E-state index in [-0.39, 0.29) is 6.61 Å². The van der Waals surface area contributed by atoms with Crippen molar-refractivity contribution in [2.45, 2.75) is 6.54 Å². The standard InChI is InChI=1S/C19H22N2O5/c1-23-16-7-5-4-6-15(16)12-21-20-11-14-8-9-17(18(10-14)24-2)26-13-19(22)25-3/h4-11,21H,12-13H2,1-3H3/b20-11+. The molecule has 0 amide bonds. The van der Waals surface area contributed by atoms with Crippen molar-refractivity contribution in [1.29, 1.82) is 0 Å². The molecule has 2 rings (SSSR count). The molecule has 0 aliphatic heterocycles. The molecule has 138 valence electrons. The predicted octanol–water partition coefficient (Wildman–Crippen LogP) is 2.38. The molecular weight excluding hydrogens is 336 g/mol. The lowest BCUT2D eigenvalue weighted by atomic mass is 10.2. The molecule has 0 saturated carbocycles. The molecule has 0 radical (unpaired) electrons. The lowest BCUT2D eigenvalue weighted by Gasteiger charge is -2.10. The first-order valence-corrected chi connectivity index (χ1v) is 7.93. The van der Waals surface area contributed by atoms with Crippen LogP contribution in [0.15, 0.2) is 47.6 Å². The van der Waals surface area contributed by atoms with Crippen LogP contribution in [0.1, 0.15) is 11.1 Å². The van der Waals surface area contributed by atoms with E-state index in [1.54, 1.807) is 25.5 Å². The molecule has 0 heterocycles. The molecule has 0 bridgehead atoms. The first kappa shape index (κ1) is 19.1. The Hall–Kier alpha value is -3.22. The minimum atomic E-state index is -0.460. The summed E-state index contributed by atoms with van der Waals surface area (Å²) < 4.78 is 20.5. The number of methoxy groups -OCH3 is 3. The minimum Gasteiger partial charge on any atom is -0.496 e. The second-order valence-electron chi connectivity index (χ2n) is 5.18. The quantitative estimate of drug-likeness (QED) is 0.421. The third kappa shape index (κ3) is 5.41. The van der Waals surface area contributed by atoms with Gasteiger partial charge in [-0.2, -0.15) is 5.10 Å². The Kier molecular flexibility index (Phi) is 7.30. The van der Waals surface area contributed by atoms with Crippen molar-refractivity contribution in [3.05, 3.63) is 53.6 Å². The summed E-state index contributed by atoms with van der Waals surface area (Å²) in [5.41, 5.74) is 4.81. The molecule has 2 aromatic rings. The molecule has 7 nitrogen and oxygen atoms in total. The highest BCUT2D eigenvalue weighted by atomic mass is 16.6. The van der Waals surface area contributed by atoms with Crippen LogP contribution in [0.4, 0.5) is 0 Å². The molecule has 7 heteroatoms. The van der Waals surface area contributed by atoms with Crippen LogP contribution in [0.25, 0.3) is 0 Å². The smallest absolute Gasteiger partial charge is 0.343 e. The largest absolute Gasteiger partial charge is 0.496 e. The summed E-state index contributed by atoms with van der Waals surface area (Å²) in [5.74, 6) is 1.31. The van der Waals surface area contributed by atoms with Crippen LogP contribution >= 0.6 is 0 Å². The lowest BCUT2D eigenvalue weighted by Crippen LogP contribution is -2.13. The van der Waals surface area contributed by atoms with Crippen molar-refractivity contribution in [3.8, 4) is 17.2 Å². The molecule has 0 fully saturated rings. The highest BCUT2D eigenvalue weighted by Crippen LogP contribution is 2.27. The molecule has 26 heavy (non-hydrogen) atoms. The summed E-state index contributed by atoms with van der Waals surface area (Å²) in [6.45, 7) is 0.360. The first-order valence-electron chi connectivity index (χ1n) is 7.93. The first-order chi connectivity index (χ1) is 12.7. The molecule has 0 atom stereocenters. The van der Waals surface area contributed by atoms with E-state index in [9.17, 15) is 4.79 Å². The molecule has 0 saturated heterocycles. The van der Waals surface area contributed by atoms with Gasteiger partial charge in [-0.1, -0.05) is 18.2 Å². The number of hydrazone groups is 1. The number of rotatable bonds is 9. The summed E-state index contributed by atoms with van der Waals surface area (Å²) in [6.07, 6.45) is 1.67. The molecule has 0 aromatic heterocycles. The number of ether oxygens (including phenoxy) is 4. The van der Waals surface area contributed by atoms with Gasteiger partial charge < -0.3 is 24.4 Å². The Balaban J connectivity index is 1.96. The van der Waals surface area contributed by atoms with Gasteiger partial charge in [-0.25, -0.2) is 4.79 Å². The van der Waals surface area contributed by atoms with Crippen LogP contribution < -0.4 is 19.6 Å². The van der Waals surface area contributed by atoms with Gasteiger partial charge in [0.05, 0.1) is 34.1 Å². The van der Waals surface area contributed by atoms with Crippen molar-refractivity contribution in [3.63, 3.8) is 0 Å². The average Bonchev–Trinajstić information content (AvgIpc) is 2.69. The number of para-hydroxylation sites is 1. The second kappa shape index (κ2) is 9.93. The van der Waals surface area contributed by atoms with Gasteiger partial charge in [-0.3, -0.25) is 0 Å². The summed E-state index contributed by atoms with van der Waals surface area (Å²) in [4.78, 5) is 11.2. The average molecular weight is 358 g/mol. The lowest BCUT2D eigenvalue weighted by molar-refractivity contribution is -0.142. The fourth-order valence-electron chi connectivity index (χ4n) is 2.18. The van der Waals surface area contributed by atoms with E-state index in [4.69, 9.17) is 14.2 Å². The Labute approximate surface area is 152 Å². The molecule has 2 aromatic carbocycles. The van der Waals surface area contributed by atoms with E-state index in [0.717, 1.165) is 16.9 Å². The molecule has 0 spiro atoms. The molecular formula is C19H22N2O5. The van der Waals surface area contributed by atoms with Gasteiger partial charge >= 0.3 is 5.97 Å². The van der Waals surface area contributed by atoms with Gasteiger partial charge in [0, 0.05) is 5.56 Å². The van der Waals surface area contributed by atoms with Gasteiger partial charge in [0.1, 0.15) is 5.75 Å². The zero-order chi connectivity index (χ0) is 18.8. The number of benzene rings is 2. The molecule has 1 N–H and O–H groups in total. The van der Waals surface area contributed by atoms with Gasteiger partial charge in [-0.15, -0.1) is 0 Å². The molecule has 0 aliphatic rings. The fraction of sp³-hybridized carbons (Fsp3) is 0.263. The predicted molar refractivity (Wildman–Crippen MR) is 97.9 cm³/mol. The van der Waals surface area contributed by atoms with Crippen molar-refractivity contribution < 1.29 is 23.7 Å². The van der Waals surface area contributed by atoms with Gasteiger partial charge in [0.15, 0.2) is 18.1 Å². The van der Waals surface area contributed by atoms with E-state index in [1.165, 1.54) is 14.2 Å². The third-order valence-corrected chi connectivity index (χ3v) is 3.53. The number of esters is 1. The van der Waals surface area contributed by atoms with E-state index < -0.39 is 5.97 Å². The summed E-state index contributed by atoms with van der Waals surface area (Å²) in [6, 6.07) is 13.0. The van der Waals surface area contributed by atoms with Crippen LogP contribution in [0, 0.1) is 0 Å². The van der Waals surface area contributed by atoms with Crippen molar-refractivity contribution in [2.24, 2.45) is 5.10 Å². The number of nitrogens with zero attached hydrogens (tertiary/aromatic N) is 1. The van der Waals surface area contributed by atoms with Gasteiger partial charge in [0.2, 0.25) is 0 Å². The molecule has 0 aliphatic carbocycles. The van der Waals surface area contributed by atoms with E-state index in [1.807, 2.05) is 30.3 Å². The van der Waals surface area contributed by atoms with Crippen LogP contribution in [0.5, 0.6) is 17.2 Å². The van der Waals surface area contributed by atoms with Crippen LogP contribution in [-0.2, 0) is 16.1 Å². The maximum Gasteiger partial charge on any atom is 0.343 e. The topological polar surface area (TPSA) is 78.4 Å². The third-order valence-electron chi connectivity index (χ3n) is 3.53. The van der Waals surface area contributed by atoms with Gasteiger partial charge in [0.25, 0.3) is 0 Å². The van der Waals surface area contributed by atoms with E-state index in [2.05, 4.69) is 15.3 Å². The zero-order valence-corrected chi connectivity index (χ0v) is 15.0. The Morgan fingerprint density at radius 1 is 1.04 bits per heavy atom. The Morgan fingerprint density at radius 2 is 1.81 bits per heavy atom. The normalized spacial score (nSPS) is 10.4. The number of carbonyl (C=O) groups excluding carboxylic acids is 1. The van der Waals surface area contributed by atoms with Gasteiger partial charge in [-0.05, 0) is 29.8 Å². The zero-order valence-electron chi connectivity index (χ0n) is 15.0. The van der Waals surface area contributed by atoms with Crippen molar-refractivity contribution in [1.82, 2.24) is 5.43 Å². The van der Waals surface area contributed by atoms with Crippen LogP contribution in [0.2, 0.25) is 0 Å². The maximum atomic E-state index is 11.2. The number of nitrogens with one attached hydrogen (secondary N) is 1. The second-order valence-corrected chi connectivity index (χ2v) is 5.18. The number of hydrogen-bond acceptors (Lipinski definition) is 7. The fourth-order valence-corrected chi connectivity index (χ4v) is 2.18. The number of carbonyl (C=O) groups is 1. The highest BCUT2D eigenvalue weighted by molar-refractivity contribution is 5.80. The van der Waals surface area contributed by atoms with E-state index >= 15 is 0 Å². The summed E-state index contributed by atoms with van der Waals surface area (Å²) in [5, 5.41) is 4.20. The SMILES string of the molecule is COC(=O)COc1ccc(/C=N/NCc2ccccc2OC)cc1OC. The van der Waals surface area contributed by atoms with Crippen LogP contribution in [-0.4, -0.2) is 40.1 Å². The summed E-state index contributed by atoms with van der Waals surface area (Å²) in [7, 11) is 4.47. The Morgan fingerprint density at radius 3 is 2.54 bits per heavy atom. The van der Waals surface area contributed by atoms with Crippen molar-refractivity contribution in [2.75, 3.05) is 27.9 Å². The maximum absolute atomic E-state index is 11.2. The van der Waals surface area contributed by atoms with Crippen LogP contribution in [0.3, 0.4) is 0 Å². The highest BCUT2D eigenvalue weighted by Gasteiger charge is 2.08. The number of hydrogen-bond donors (Lipinski definition) is 1. The monoisotopic (exact) mass is 358 g/mol.